The molecule has 108 valence electrons. The monoisotopic (exact) mass is 266 g/mol. The maximum atomic E-state index is 4.98. The van der Waals surface area contributed by atoms with Crippen LogP contribution >= 0.6 is 0 Å². The summed E-state index contributed by atoms with van der Waals surface area (Å²) in [6.07, 6.45) is 3.76. The summed E-state index contributed by atoms with van der Waals surface area (Å²) in [5.41, 5.74) is 1.09. The van der Waals surface area contributed by atoms with Crippen LogP contribution < -0.4 is 10.2 Å². The lowest BCUT2D eigenvalue weighted by Crippen LogP contribution is -2.34. The van der Waals surface area contributed by atoms with Crippen molar-refractivity contribution in [2.75, 3.05) is 32.2 Å². The zero-order valence-electron chi connectivity index (χ0n) is 12.7. The van der Waals surface area contributed by atoms with Crippen molar-refractivity contribution in [2.24, 2.45) is 5.92 Å². The number of anilines is 1. The molecule has 0 radical (unpaired) electrons. The average molecular weight is 266 g/mol. The summed E-state index contributed by atoms with van der Waals surface area (Å²) >= 11 is 0. The minimum atomic E-state index is 0.422. The summed E-state index contributed by atoms with van der Waals surface area (Å²) in [5, 5.41) is 3.27. The molecule has 5 heteroatoms. The van der Waals surface area contributed by atoms with Crippen LogP contribution in [0.4, 0.5) is 5.95 Å². The van der Waals surface area contributed by atoms with Crippen LogP contribution in [0.25, 0.3) is 0 Å². The van der Waals surface area contributed by atoms with Gasteiger partial charge in [0.25, 0.3) is 0 Å². The van der Waals surface area contributed by atoms with Crippen molar-refractivity contribution in [3.63, 3.8) is 0 Å². The first-order valence-corrected chi connectivity index (χ1v) is 6.79. The zero-order valence-corrected chi connectivity index (χ0v) is 12.7. The largest absolute Gasteiger partial charge is 0.383 e. The van der Waals surface area contributed by atoms with Crippen LogP contribution in [0.1, 0.15) is 26.3 Å². The second-order valence-corrected chi connectivity index (χ2v) is 5.16. The highest BCUT2D eigenvalue weighted by molar-refractivity contribution is 5.30. The minimum Gasteiger partial charge on any atom is -0.383 e. The van der Waals surface area contributed by atoms with Crippen LogP contribution in [0.2, 0.25) is 0 Å². The first-order valence-electron chi connectivity index (χ1n) is 6.79. The molecule has 1 rings (SSSR count). The quantitative estimate of drug-likeness (QED) is 0.726. The molecule has 0 aliphatic rings. The molecular weight excluding hydrogens is 240 g/mol. The van der Waals surface area contributed by atoms with Gasteiger partial charge in [0.2, 0.25) is 5.95 Å². The Morgan fingerprint density at radius 2 is 1.89 bits per heavy atom. The SMILES string of the molecule is COCCNCc1cnc(N(C)C(C)C(C)C)nc1. The third kappa shape index (κ3) is 5.12. The number of nitrogens with one attached hydrogen (secondary N) is 1. The summed E-state index contributed by atoms with van der Waals surface area (Å²) in [4.78, 5) is 11.0. The highest BCUT2D eigenvalue weighted by Gasteiger charge is 2.15. The fourth-order valence-electron chi connectivity index (χ4n) is 1.66. The molecule has 0 fully saturated rings. The van der Waals surface area contributed by atoms with Gasteiger partial charge in [0.15, 0.2) is 0 Å². The molecule has 1 heterocycles. The Labute approximate surface area is 116 Å². The Kier molecular flexibility index (Phi) is 6.73. The molecule has 1 unspecified atom stereocenters. The number of rotatable bonds is 8. The molecule has 1 aromatic heterocycles. The second-order valence-electron chi connectivity index (χ2n) is 5.16. The third-order valence-corrected chi connectivity index (χ3v) is 3.39. The van der Waals surface area contributed by atoms with E-state index in [4.69, 9.17) is 4.74 Å². The highest BCUT2D eigenvalue weighted by Crippen LogP contribution is 2.14. The average Bonchev–Trinajstić information content (AvgIpc) is 2.42. The van der Waals surface area contributed by atoms with Gasteiger partial charge in [-0.25, -0.2) is 9.97 Å². The lowest BCUT2D eigenvalue weighted by Gasteiger charge is -2.27. The Hall–Kier alpha value is -1.20. The lowest BCUT2D eigenvalue weighted by molar-refractivity contribution is 0.199. The molecule has 0 saturated heterocycles. The Bertz CT molecular complexity index is 353. The molecular formula is C14H26N4O. The Morgan fingerprint density at radius 3 is 2.42 bits per heavy atom. The Balaban J connectivity index is 2.51. The summed E-state index contributed by atoms with van der Waals surface area (Å²) in [5.74, 6) is 1.35. The maximum absolute atomic E-state index is 4.98. The van der Waals surface area contributed by atoms with Crippen molar-refractivity contribution in [1.29, 1.82) is 0 Å². The standard InChI is InChI=1S/C14H26N4O/c1-11(2)12(3)18(4)14-16-9-13(10-17-14)8-15-6-7-19-5/h9-12,15H,6-8H2,1-5H3. The van der Waals surface area contributed by atoms with E-state index in [0.29, 0.717) is 18.6 Å². The summed E-state index contributed by atoms with van der Waals surface area (Å²) in [6.45, 7) is 8.92. The van der Waals surface area contributed by atoms with E-state index in [2.05, 4.69) is 41.0 Å². The van der Waals surface area contributed by atoms with Gasteiger partial charge < -0.3 is 15.0 Å². The van der Waals surface area contributed by atoms with Crippen LogP contribution in [-0.2, 0) is 11.3 Å². The van der Waals surface area contributed by atoms with Gasteiger partial charge in [-0.15, -0.1) is 0 Å². The summed E-state index contributed by atoms with van der Waals surface area (Å²) < 4.78 is 4.98. The van der Waals surface area contributed by atoms with Gasteiger partial charge in [0.1, 0.15) is 0 Å². The molecule has 1 aromatic rings. The van der Waals surface area contributed by atoms with Gasteiger partial charge in [-0.3, -0.25) is 0 Å². The smallest absolute Gasteiger partial charge is 0.225 e. The maximum Gasteiger partial charge on any atom is 0.225 e. The second kappa shape index (κ2) is 8.07. The molecule has 0 saturated carbocycles. The van der Waals surface area contributed by atoms with E-state index < -0.39 is 0 Å². The van der Waals surface area contributed by atoms with Gasteiger partial charge in [-0.05, 0) is 12.8 Å². The van der Waals surface area contributed by atoms with Crippen molar-refractivity contribution in [3.8, 4) is 0 Å². The van der Waals surface area contributed by atoms with Gasteiger partial charge in [0.05, 0.1) is 6.61 Å². The van der Waals surface area contributed by atoms with Crippen molar-refractivity contribution in [3.05, 3.63) is 18.0 Å². The number of methoxy groups -OCH3 is 1. The number of hydrogen-bond acceptors (Lipinski definition) is 5. The van der Waals surface area contributed by atoms with Gasteiger partial charge in [0, 0.05) is 51.2 Å². The van der Waals surface area contributed by atoms with Crippen LogP contribution in [-0.4, -0.2) is 43.3 Å². The van der Waals surface area contributed by atoms with Crippen molar-refractivity contribution < 1.29 is 4.74 Å². The molecule has 0 bridgehead atoms. The van der Waals surface area contributed by atoms with Crippen molar-refractivity contribution >= 4 is 5.95 Å². The van der Waals surface area contributed by atoms with E-state index in [-0.39, 0.29) is 0 Å². The third-order valence-electron chi connectivity index (χ3n) is 3.39. The van der Waals surface area contributed by atoms with Crippen LogP contribution in [0, 0.1) is 5.92 Å². The normalized spacial score (nSPS) is 12.7. The predicted octanol–water partition coefficient (Wildman–Crippen LogP) is 1.69. The topological polar surface area (TPSA) is 50.3 Å². The molecule has 0 amide bonds. The van der Waals surface area contributed by atoms with E-state index in [1.165, 1.54) is 0 Å². The van der Waals surface area contributed by atoms with Crippen molar-refractivity contribution in [2.45, 2.75) is 33.4 Å². The number of ether oxygens (including phenoxy) is 1. The van der Waals surface area contributed by atoms with E-state index in [1.54, 1.807) is 7.11 Å². The number of aromatic nitrogens is 2. The number of hydrogen-bond donors (Lipinski definition) is 1. The minimum absolute atomic E-state index is 0.422. The highest BCUT2D eigenvalue weighted by atomic mass is 16.5. The summed E-state index contributed by atoms with van der Waals surface area (Å²) in [6, 6.07) is 0.422. The lowest BCUT2D eigenvalue weighted by atomic mass is 10.1. The molecule has 1 N–H and O–H groups in total. The zero-order chi connectivity index (χ0) is 14.3. The predicted molar refractivity (Wildman–Crippen MR) is 78.3 cm³/mol. The molecule has 19 heavy (non-hydrogen) atoms. The van der Waals surface area contributed by atoms with E-state index in [0.717, 1.165) is 24.6 Å². The van der Waals surface area contributed by atoms with Crippen LogP contribution in [0.3, 0.4) is 0 Å². The van der Waals surface area contributed by atoms with E-state index in [1.807, 2.05) is 19.4 Å². The fourth-order valence-corrected chi connectivity index (χ4v) is 1.66. The van der Waals surface area contributed by atoms with Gasteiger partial charge >= 0.3 is 0 Å². The molecule has 1 atom stereocenters. The van der Waals surface area contributed by atoms with Gasteiger partial charge in [-0.1, -0.05) is 13.8 Å². The number of nitrogens with zero attached hydrogens (tertiary/aromatic N) is 3. The van der Waals surface area contributed by atoms with E-state index in [9.17, 15) is 0 Å². The molecule has 0 aromatic carbocycles. The van der Waals surface area contributed by atoms with E-state index >= 15 is 0 Å². The van der Waals surface area contributed by atoms with Gasteiger partial charge in [-0.2, -0.15) is 0 Å². The summed E-state index contributed by atoms with van der Waals surface area (Å²) in [7, 11) is 3.74. The molecule has 0 aliphatic heterocycles. The first-order chi connectivity index (χ1) is 9.06. The van der Waals surface area contributed by atoms with Crippen LogP contribution in [0.5, 0.6) is 0 Å². The van der Waals surface area contributed by atoms with Crippen LogP contribution in [0.15, 0.2) is 12.4 Å². The molecule has 5 nitrogen and oxygen atoms in total. The Morgan fingerprint density at radius 1 is 1.26 bits per heavy atom. The molecule has 0 aliphatic carbocycles. The fraction of sp³-hybridized carbons (Fsp3) is 0.714. The molecule has 0 spiro atoms. The van der Waals surface area contributed by atoms with Crippen molar-refractivity contribution in [1.82, 2.24) is 15.3 Å². The first kappa shape index (κ1) is 15.9.